The summed E-state index contributed by atoms with van der Waals surface area (Å²) in [7, 11) is 0. The van der Waals surface area contributed by atoms with Gasteiger partial charge < -0.3 is 11.1 Å². The summed E-state index contributed by atoms with van der Waals surface area (Å²) in [6.07, 6.45) is 5.89. The molecule has 1 amide bonds. The van der Waals surface area contributed by atoms with Crippen LogP contribution < -0.4 is 11.1 Å². The SMILES string of the molecule is CCCCCc1nc(-c2nc(N)c3c(n2)NC(=O)C3(C)C)c2cccnn12. The van der Waals surface area contributed by atoms with Crippen LogP contribution in [0.15, 0.2) is 18.3 Å². The number of aromatic nitrogens is 5. The van der Waals surface area contributed by atoms with E-state index in [-0.39, 0.29) is 5.91 Å². The van der Waals surface area contributed by atoms with Crippen molar-refractivity contribution in [3.63, 3.8) is 0 Å². The molecule has 27 heavy (non-hydrogen) atoms. The largest absolute Gasteiger partial charge is 0.383 e. The number of aryl methyl sites for hydroxylation is 1. The van der Waals surface area contributed by atoms with Crippen molar-refractivity contribution in [1.82, 2.24) is 24.6 Å². The molecule has 0 spiro atoms. The van der Waals surface area contributed by atoms with Gasteiger partial charge in [0, 0.05) is 12.6 Å². The highest BCUT2D eigenvalue weighted by molar-refractivity contribution is 6.06. The normalized spacial score (nSPS) is 15.1. The highest BCUT2D eigenvalue weighted by atomic mass is 16.2. The third-order valence-electron chi connectivity index (χ3n) is 5.06. The summed E-state index contributed by atoms with van der Waals surface area (Å²) < 4.78 is 1.83. The fourth-order valence-corrected chi connectivity index (χ4v) is 3.52. The van der Waals surface area contributed by atoms with Crippen LogP contribution in [0.25, 0.3) is 17.0 Å². The average Bonchev–Trinajstić information content (AvgIpc) is 3.11. The number of anilines is 2. The molecular formula is C19H23N7O. The lowest BCUT2D eigenvalue weighted by atomic mass is 9.87. The Kier molecular flexibility index (Phi) is 4.05. The van der Waals surface area contributed by atoms with Crippen molar-refractivity contribution in [2.45, 2.75) is 51.9 Å². The van der Waals surface area contributed by atoms with Gasteiger partial charge in [-0.2, -0.15) is 5.10 Å². The van der Waals surface area contributed by atoms with E-state index in [0.717, 1.165) is 37.0 Å². The summed E-state index contributed by atoms with van der Waals surface area (Å²) in [4.78, 5) is 26.1. The standard InChI is InChI=1S/C19H23N7O/c1-4-5-6-9-12-22-14(11-8-7-10-21-26(11)12)17-23-15(20)13-16(24-17)25-18(27)19(13,2)3/h7-8,10H,4-6,9H2,1-3H3,(H3,20,23,24,25,27). The summed E-state index contributed by atoms with van der Waals surface area (Å²) in [6, 6.07) is 3.80. The van der Waals surface area contributed by atoms with Gasteiger partial charge in [0.2, 0.25) is 5.91 Å². The predicted molar refractivity (Wildman–Crippen MR) is 103 cm³/mol. The first kappa shape index (κ1) is 17.4. The molecule has 140 valence electrons. The number of rotatable bonds is 5. The monoisotopic (exact) mass is 365 g/mol. The van der Waals surface area contributed by atoms with Crippen LogP contribution in [-0.2, 0) is 16.6 Å². The van der Waals surface area contributed by atoms with E-state index >= 15 is 0 Å². The highest BCUT2D eigenvalue weighted by Gasteiger charge is 2.42. The minimum absolute atomic E-state index is 0.132. The van der Waals surface area contributed by atoms with E-state index in [9.17, 15) is 4.79 Å². The second-order valence-electron chi connectivity index (χ2n) is 7.39. The van der Waals surface area contributed by atoms with Gasteiger partial charge in [-0.1, -0.05) is 19.8 Å². The number of unbranched alkanes of at least 4 members (excludes halogenated alkanes) is 2. The van der Waals surface area contributed by atoms with Crippen molar-refractivity contribution in [2.75, 3.05) is 11.1 Å². The Morgan fingerprint density at radius 1 is 1.22 bits per heavy atom. The Hall–Kier alpha value is -3.03. The van der Waals surface area contributed by atoms with E-state index in [1.807, 2.05) is 30.5 Å². The van der Waals surface area contributed by atoms with Crippen molar-refractivity contribution in [1.29, 1.82) is 0 Å². The number of carbonyl (C=O) groups excluding carboxylic acids is 1. The molecule has 1 aliphatic rings. The fraction of sp³-hybridized carbons (Fsp3) is 0.421. The molecule has 0 atom stereocenters. The minimum atomic E-state index is -0.749. The first-order valence-corrected chi connectivity index (χ1v) is 9.26. The summed E-state index contributed by atoms with van der Waals surface area (Å²) in [6.45, 7) is 5.80. The zero-order valence-electron chi connectivity index (χ0n) is 15.8. The van der Waals surface area contributed by atoms with Gasteiger partial charge in [0.1, 0.15) is 23.2 Å². The van der Waals surface area contributed by atoms with Gasteiger partial charge in [-0.05, 0) is 32.4 Å². The lowest BCUT2D eigenvalue weighted by Crippen LogP contribution is -2.27. The quantitative estimate of drug-likeness (QED) is 0.673. The Bertz CT molecular complexity index is 1040. The maximum Gasteiger partial charge on any atom is 0.235 e. The molecule has 3 aromatic heterocycles. The van der Waals surface area contributed by atoms with Crippen LogP contribution in [0.3, 0.4) is 0 Å². The second kappa shape index (κ2) is 6.29. The van der Waals surface area contributed by atoms with Gasteiger partial charge in [0.25, 0.3) is 0 Å². The van der Waals surface area contributed by atoms with Gasteiger partial charge in [0.05, 0.1) is 16.5 Å². The molecule has 0 saturated carbocycles. The lowest BCUT2D eigenvalue weighted by molar-refractivity contribution is -0.119. The third kappa shape index (κ3) is 2.72. The number of nitrogen functional groups attached to an aromatic ring is 1. The molecule has 3 aromatic rings. The van der Waals surface area contributed by atoms with E-state index in [1.165, 1.54) is 0 Å². The smallest absolute Gasteiger partial charge is 0.235 e. The molecule has 0 saturated heterocycles. The van der Waals surface area contributed by atoms with Crippen LogP contribution in [0, 0.1) is 0 Å². The first-order valence-electron chi connectivity index (χ1n) is 9.26. The van der Waals surface area contributed by atoms with Crippen molar-refractivity contribution in [3.8, 4) is 11.5 Å². The zero-order valence-corrected chi connectivity index (χ0v) is 15.8. The zero-order chi connectivity index (χ0) is 19.2. The summed E-state index contributed by atoms with van der Waals surface area (Å²) in [5.41, 5.74) is 7.55. The Labute approximate surface area is 157 Å². The van der Waals surface area contributed by atoms with Gasteiger partial charge in [0.15, 0.2) is 5.82 Å². The molecule has 0 unspecified atom stereocenters. The number of nitrogens with zero attached hydrogens (tertiary/aromatic N) is 5. The van der Waals surface area contributed by atoms with Crippen molar-refractivity contribution < 1.29 is 4.79 Å². The highest BCUT2D eigenvalue weighted by Crippen LogP contribution is 2.40. The molecule has 3 N–H and O–H groups in total. The van der Waals surface area contributed by atoms with Gasteiger partial charge in [-0.15, -0.1) is 0 Å². The first-order chi connectivity index (χ1) is 12.9. The molecule has 8 nitrogen and oxygen atoms in total. The summed E-state index contributed by atoms with van der Waals surface area (Å²) >= 11 is 0. The second-order valence-corrected chi connectivity index (χ2v) is 7.39. The molecule has 8 heteroatoms. The number of imidazole rings is 1. The van der Waals surface area contributed by atoms with Crippen LogP contribution in [-0.4, -0.2) is 30.5 Å². The lowest BCUT2D eigenvalue weighted by Gasteiger charge is -2.15. The number of nitrogens with two attached hydrogens (primary N) is 1. The van der Waals surface area contributed by atoms with Crippen LogP contribution in [0.2, 0.25) is 0 Å². The number of amides is 1. The maximum atomic E-state index is 12.3. The van der Waals surface area contributed by atoms with Crippen molar-refractivity contribution in [3.05, 3.63) is 29.7 Å². The van der Waals surface area contributed by atoms with Crippen molar-refractivity contribution in [2.24, 2.45) is 0 Å². The molecule has 0 aromatic carbocycles. The van der Waals surface area contributed by atoms with Crippen LogP contribution in [0.4, 0.5) is 11.6 Å². The number of hydrogen-bond donors (Lipinski definition) is 2. The van der Waals surface area contributed by atoms with E-state index in [0.29, 0.717) is 28.7 Å². The van der Waals surface area contributed by atoms with Gasteiger partial charge in [-0.25, -0.2) is 19.5 Å². The Morgan fingerprint density at radius 2 is 2.04 bits per heavy atom. The number of fused-ring (bicyclic) bond motifs is 2. The van der Waals surface area contributed by atoms with Crippen LogP contribution in [0.1, 0.15) is 51.4 Å². The predicted octanol–water partition coefficient (Wildman–Crippen LogP) is 2.73. The Balaban J connectivity index is 1.83. The number of nitrogens with one attached hydrogen (secondary N) is 1. The topological polar surface area (TPSA) is 111 Å². The van der Waals surface area contributed by atoms with E-state index < -0.39 is 5.41 Å². The van der Waals surface area contributed by atoms with Crippen LogP contribution >= 0.6 is 0 Å². The molecular weight excluding hydrogens is 342 g/mol. The molecule has 0 radical (unpaired) electrons. The molecule has 4 rings (SSSR count). The third-order valence-corrected chi connectivity index (χ3v) is 5.06. The van der Waals surface area contributed by atoms with Crippen molar-refractivity contribution >= 4 is 23.1 Å². The molecule has 0 bridgehead atoms. The molecule has 0 fully saturated rings. The Morgan fingerprint density at radius 3 is 2.81 bits per heavy atom. The average molecular weight is 365 g/mol. The molecule has 0 aliphatic carbocycles. The number of hydrogen-bond acceptors (Lipinski definition) is 6. The summed E-state index contributed by atoms with van der Waals surface area (Å²) in [5.74, 6) is 1.91. The van der Waals surface area contributed by atoms with Crippen LogP contribution in [0.5, 0.6) is 0 Å². The summed E-state index contributed by atoms with van der Waals surface area (Å²) in [5, 5.41) is 7.25. The maximum absolute atomic E-state index is 12.3. The van der Waals surface area contributed by atoms with E-state index in [2.05, 4.69) is 27.3 Å². The number of carbonyl (C=O) groups is 1. The van der Waals surface area contributed by atoms with Gasteiger partial charge in [-0.3, -0.25) is 4.79 Å². The molecule has 1 aliphatic heterocycles. The van der Waals surface area contributed by atoms with E-state index in [1.54, 1.807) is 6.20 Å². The molecule has 4 heterocycles. The minimum Gasteiger partial charge on any atom is -0.383 e. The fourth-order valence-electron chi connectivity index (χ4n) is 3.52. The van der Waals surface area contributed by atoms with E-state index in [4.69, 9.17) is 10.7 Å². The van der Waals surface area contributed by atoms with Gasteiger partial charge >= 0.3 is 0 Å².